The number of amides is 1. The second kappa shape index (κ2) is 6.26. The summed E-state index contributed by atoms with van der Waals surface area (Å²) in [6.07, 6.45) is 2.83. The van der Waals surface area contributed by atoms with E-state index in [2.05, 4.69) is 27.8 Å². The lowest BCUT2D eigenvalue weighted by molar-refractivity contribution is -0.119. The van der Waals surface area contributed by atoms with Crippen LogP contribution in [0.5, 0.6) is 0 Å². The molecule has 21 heavy (non-hydrogen) atoms. The zero-order valence-electron chi connectivity index (χ0n) is 12.1. The first-order valence-corrected chi connectivity index (χ1v) is 8.06. The molecule has 1 atom stereocenters. The van der Waals surface area contributed by atoms with Crippen LogP contribution < -0.4 is 10.6 Å². The third-order valence-corrected chi connectivity index (χ3v) is 4.71. The van der Waals surface area contributed by atoms with E-state index in [0.29, 0.717) is 0 Å². The number of carbonyl (C=O) groups excluding carboxylic acids is 1. The number of hydrogen-bond donors (Lipinski definition) is 2. The molecule has 5 heteroatoms. The van der Waals surface area contributed by atoms with Gasteiger partial charge in [0.15, 0.2) is 5.13 Å². The van der Waals surface area contributed by atoms with Gasteiger partial charge in [0.2, 0.25) is 5.91 Å². The Labute approximate surface area is 128 Å². The number of hydrogen-bond acceptors (Lipinski definition) is 4. The summed E-state index contributed by atoms with van der Waals surface area (Å²) in [5, 5.41) is 7.38. The van der Waals surface area contributed by atoms with Crippen molar-refractivity contribution in [2.45, 2.75) is 38.8 Å². The molecule has 0 radical (unpaired) electrons. The normalized spacial score (nSPS) is 17.1. The van der Waals surface area contributed by atoms with Gasteiger partial charge in [0, 0.05) is 30.8 Å². The van der Waals surface area contributed by atoms with Crippen molar-refractivity contribution in [1.29, 1.82) is 0 Å². The van der Waals surface area contributed by atoms with E-state index in [4.69, 9.17) is 0 Å². The number of fused-ring (bicyclic) bond motifs is 1. The van der Waals surface area contributed by atoms with Crippen LogP contribution in [0.2, 0.25) is 0 Å². The Kier molecular flexibility index (Phi) is 4.20. The molecule has 0 saturated heterocycles. The van der Waals surface area contributed by atoms with Crippen LogP contribution in [0.3, 0.4) is 0 Å². The summed E-state index contributed by atoms with van der Waals surface area (Å²) in [6, 6.07) is 10.6. The maximum atomic E-state index is 11.2. The van der Waals surface area contributed by atoms with Crippen molar-refractivity contribution in [2.24, 2.45) is 0 Å². The molecule has 0 bridgehead atoms. The van der Waals surface area contributed by atoms with Gasteiger partial charge in [-0.25, -0.2) is 4.98 Å². The van der Waals surface area contributed by atoms with E-state index in [-0.39, 0.29) is 11.9 Å². The van der Waals surface area contributed by atoms with Gasteiger partial charge in [-0.15, -0.1) is 11.3 Å². The van der Waals surface area contributed by atoms with Crippen LogP contribution in [-0.4, -0.2) is 16.9 Å². The number of rotatable bonds is 4. The van der Waals surface area contributed by atoms with Gasteiger partial charge < -0.3 is 10.6 Å². The number of carbonyl (C=O) groups is 1. The molecule has 3 rings (SSSR count). The third kappa shape index (κ3) is 3.61. The van der Waals surface area contributed by atoms with E-state index < -0.39 is 0 Å². The van der Waals surface area contributed by atoms with Crippen LogP contribution in [0.1, 0.15) is 29.5 Å². The SMILES string of the molecule is CC(=O)NC1CCc2nc(NCc3ccccc3)sc2C1. The van der Waals surface area contributed by atoms with Crippen LogP contribution in [0.15, 0.2) is 30.3 Å². The topological polar surface area (TPSA) is 54.0 Å². The van der Waals surface area contributed by atoms with Crippen molar-refractivity contribution in [3.8, 4) is 0 Å². The molecule has 1 unspecified atom stereocenters. The highest BCUT2D eigenvalue weighted by Crippen LogP contribution is 2.30. The standard InChI is InChI=1S/C16H19N3OS/c1-11(20)18-13-7-8-14-15(9-13)21-16(19-14)17-10-12-5-3-2-4-6-12/h2-6,13H,7-10H2,1H3,(H,17,19)(H,18,20). The van der Waals surface area contributed by atoms with Crippen LogP contribution in [0, 0.1) is 0 Å². The summed E-state index contributed by atoms with van der Waals surface area (Å²) in [5.41, 5.74) is 2.44. The van der Waals surface area contributed by atoms with Crippen LogP contribution in [-0.2, 0) is 24.2 Å². The Bertz CT molecular complexity index is 624. The summed E-state index contributed by atoms with van der Waals surface area (Å²) in [4.78, 5) is 17.1. The maximum Gasteiger partial charge on any atom is 0.217 e. The summed E-state index contributed by atoms with van der Waals surface area (Å²) in [7, 11) is 0. The number of nitrogens with zero attached hydrogens (tertiary/aromatic N) is 1. The lowest BCUT2D eigenvalue weighted by atomic mass is 9.98. The Morgan fingerprint density at radius 2 is 2.19 bits per heavy atom. The number of aryl methyl sites for hydroxylation is 1. The first kappa shape index (κ1) is 14.1. The first-order valence-electron chi connectivity index (χ1n) is 7.24. The fourth-order valence-corrected chi connectivity index (χ4v) is 3.72. The second-order valence-corrected chi connectivity index (χ2v) is 6.45. The van der Waals surface area contributed by atoms with E-state index in [1.165, 1.54) is 16.1 Å². The minimum atomic E-state index is 0.0513. The predicted octanol–water partition coefficient (Wildman–Crippen LogP) is 2.75. The van der Waals surface area contributed by atoms with Gasteiger partial charge in [0.25, 0.3) is 0 Å². The summed E-state index contributed by atoms with van der Waals surface area (Å²) in [5.74, 6) is 0.0513. The Balaban J connectivity index is 1.62. The number of nitrogens with one attached hydrogen (secondary N) is 2. The average Bonchev–Trinajstić information content (AvgIpc) is 2.88. The van der Waals surface area contributed by atoms with Gasteiger partial charge in [0.1, 0.15) is 0 Å². The summed E-state index contributed by atoms with van der Waals surface area (Å²) < 4.78 is 0. The van der Waals surface area contributed by atoms with Crippen molar-refractivity contribution in [3.63, 3.8) is 0 Å². The van der Waals surface area contributed by atoms with Crippen molar-refractivity contribution in [1.82, 2.24) is 10.3 Å². The second-order valence-electron chi connectivity index (χ2n) is 5.37. The quantitative estimate of drug-likeness (QED) is 0.913. The Morgan fingerprint density at radius 1 is 1.38 bits per heavy atom. The molecule has 1 aromatic carbocycles. The van der Waals surface area contributed by atoms with Crippen LogP contribution in [0.25, 0.3) is 0 Å². The van der Waals surface area contributed by atoms with Gasteiger partial charge in [-0.2, -0.15) is 0 Å². The molecular weight excluding hydrogens is 282 g/mol. The maximum absolute atomic E-state index is 11.2. The molecule has 0 aliphatic heterocycles. The number of benzene rings is 1. The van der Waals surface area contributed by atoms with Crippen LogP contribution >= 0.6 is 11.3 Å². The van der Waals surface area contributed by atoms with Crippen molar-refractivity contribution in [3.05, 3.63) is 46.5 Å². The summed E-state index contributed by atoms with van der Waals surface area (Å²) in [6.45, 7) is 2.37. The zero-order valence-corrected chi connectivity index (χ0v) is 12.9. The molecular formula is C16H19N3OS. The van der Waals surface area contributed by atoms with E-state index in [1.54, 1.807) is 18.3 Å². The fourth-order valence-electron chi connectivity index (χ4n) is 2.63. The Hall–Kier alpha value is -1.88. The lowest BCUT2D eigenvalue weighted by Gasteiger charge is -2.21. The molecule has 2 aromatic rings. The molecule has 1 amide bonds. The number of aromatic nitrogens is 1. The highest BCUT2D eigenvalue weighted by molar-refractivity contribution is 7.15. The average molecular weight is 301 g/mol. The monoisotopic (exact) mass is 301 g/mol. The molecule has 1 aliphatic rings. The molecule has 4 nitrogen and oxygen atoms in total. The first-order chi connectivity index (χ1) is 10.2. The largest absolute Gasteiger partial charge is 0.357 e. The van der Waals surface area contributed by atoms with E-state index in [9.17, 15) is 4.79 Å². The number of thiazole rings is 1. The van der Waals surface area contributed by atoms with Crippen LogP contribution in [0.4, 0.5) is 5.13 Å². The van der Waals surface area contributed by atoms with Gasteiger partial charge >= 0.3 is 0 Å². The van der Waals surface area contributed by atoms with Gasteiger partial charge in [-0.05, 0) is 18.4 Å². The Morgan fingerprint density at radius 3 is 2.95 bits per heavy atom. The van der Waals surface area contributed by atoms with Crippen molar-refractivity contribution < 1.29 is 4.79 Å². The predicted molar refractivity (Wildman–Crippen MR) is 85.5 cm³/mol. The minimum Gasteiger partial charge on any atom is -0.357 e. The lowest BCUT2D eigenvalue weighted by Crippen LogP contribution is -2.37. The highest BCUT2D eigenvalue weighted by atomic mass is 32.1. The smallest absolute Gasteiger partial charge is 0.217 e. The number of anilines is 1. The highest BCUT2D eigenvalue weighted by Gasteiger charge is 2.22. The van der Waals surface area contributed by atoms with E-state index in [0.717, 1.165) is 30.9 Å². The van der Waals surface area contributed by atoms with Crippen molar-refractivity contribution in [2.75, 3.05) is 5.32 Å². The zero-order chi connectivity index (χ0) is 14.7. The summed E-state index contributed by atoms with van der Waals surface area (Å²) >= 11 is 1.71. The van der Waals surface area contributed by atoms with Gasteiger partial charge in [-0.3, -0.25) is 4.79 Å². The van der Waals surface area contributed by atoms with Crippen molar-refractivity contribution >= 4 is 22.4 Å². The molecule has 2 N–H and O–H groups in total. The molecule has 0 fully saturated rings. The minimum absolute atomic E-state index is 0.0513. The van der Waals surface area contributed by atoms with E-state index >= 15 is 0 Å². The molecule has 1 heterocycles. The van der Waals surface area contributed by atoms with E-state index in [1.807, 2.05) is 18.2 Å². The third-order valence-electron chi connectivity index (χ3n) is 3.63. The fraction of sp³-hybridized carbons (Fsp3) is 0.375. The van der Waals surface area contributed by atoms with Gasteiger partial charge in [0.05, 0.1) is 5.69 Å². The molecule has 0 saturated carbocycles. The molecule has 110 valence electrons. The molecule has 0 spiro atoms. The molecule has 1 aliphatic carbocycles. The van der Waals surface area contributed by atoms with Gasteiger partial charge in [-0.1, -0.05) is 30.3 Å². The molecule has 1 aromatic heterocycles.